The van der Waals surface area contributed by atoms with E-state index in [0.717, 1.165) is 61.8 Å². The number of hydrogen-bond donors (Lipinski definition) is 1. The van der Waals surface area contributed by atoms with Crippen molar-refractivity contribution in [1.82, 2.24) is 4.90 Å². The van der Waals surface area contributed by atoms with E-state index >= 15 is 0 Å². The van der Waals surface area contributed by atoms with Gasteiger partial charge in [0.1, 0.15) is 10.2 Å². The van der Waals surface area contributed by atoms with Gasteiger partial charge in [0, 0.05) is 19.6 Å². The highest BCUT2D eigenvalue weighted by Gasteiger charge is 2.29. The predicted octanol–water partition coefficient (Wildman–Crippen LogP) is 8.64. The molecule has 0 amide bonds. The second kappa shape index (κ2) is 14.9. The molecule has 0 radical (unpaired) electrons. The van der Waals surface area contributed by atoms with Crippen molar-refractivity contribution in [2.45, 2.75) is 107 Å². The van der Waals surface area contributed by atoms with Gasteiger partial charge in [-0.1, -0.05) is 77.3 Å². The zero-order chi connectivity index (χ0) is 27.6. The van der Waals surface area contributed by atoms with Gasteiger partial charge in [-0.3, -0.25) is 9.62 Å². The monoisotopic (exact) mass is 584 g/mol. The number of sulfonamides is 1. The Morgan fingerprint density at radius 3 is 2.34 bits per heavy atom. The Bertz CT molecular complexity index is 1140. The third-order valence-corrected chi connectivity index (χ3v) is 9.26. The van der Waals surface area contributed by atoms with Crippen molar-refractivity contribution in [3.05, 3.63) is 58.9 Å². The van der Waals surface area contributed by atoms with E-state index in [-0.39, 0.29) is 10.6 Å². The van der Waals surface area contributed by atoms with Gasteiger partial charge in [-0.2, -0.15) is 0 Å². The van der Waals surface area contributed by atoms with Gasteiger partial charge in [0.2, 0.25) is 0 Å². The summed E-state index contributed by atoms with van der Waals surface area (Å²) in [5.74, 6) is -0.548. The molecule has 0 aliphatic carbocycles. The number of alkyl halides is 2. The van der Waals surface area contributed by atoms with Crippen LogP contribution in [0.4, 0.5) is 10.1 Å². The van der Waals surface area contributed by atoms with Crippen molar-refractivity contribution in [3.8, 4) is 0 Å². The van der Waals surface area contributed by atoms with Crippen LogP contribution in [0.3, 0.4) is 0 Å². The van der Waals surface area contributed by atoms with Crippen molar-refractivity contribution in [3.63, 3.8) is 0 Å². The van der Waals surface area contributed by atoms with Gasteiger partial charge in [-0.05, 0) is 66.6 Å². The van der Waals surface area contributed by atoms with Gasteiger partial charge in [-0.25, -0.2) is 12.8 Å². The Balaban J connectivity index is 1.58. The van der Waals surface area contributed by atoms with E-state index in [1.807, 2.05) is 6.07 Å². The van der Waals surface area contributed by atoms with E-state index in [1.165, 1.54) is 44.2 Å². The molecule has 3 rings (SSSR count). The van der Waals surface area contributed by atoms with E-state index in [0.29, 0.717) is 19.5 Å². The highest BCUT2D eigenvalue weighted by Crippen LogP contribution is 2.32. The van der Waals surface area contributed by atoms with Gasteiger partial charge >= 0.3 is 0 Å². The van der Waals surface area contributed by atoms with Crippen LogP contribution in [0.5, 0.6) is 0 Å². The lowest BCUT2D eigenvalue weighted by atomic mass is 9.99. The van der Waals surface area contributed by atoms with E-state index in [4.69, 9.17) is 23.2 Å². The lowest BCUT2D eigenvalue weighted by molar-refractivity contribution is 0.241. The Morgan fingerprint density at radius 1 is 0.921 bits per heavy atom. The second-order valence-corrected chi connectivity index (χ2v) is 14.0. The molecule has 0 aromatic heterocycles. The highest BCUT2D eigenvalue weighted by molar-refractivity contribution is 7.92. The predicted molar refractivity (Wildman–Crippen MR) is 158 cm³/mol. The van der Waals surface area contributed by atoms with Gasteiger partial charge < -0.3 is 0 Å². The van der Waals surface area contributed by atoms with Gasteiger partial charge in [0.25, 0.3) is 10.0 Å². The summed E-state index contributed by atoms with van der Waals surface area (Å²) in [5.41, 5.74) is 2.92. The van der Waals surface area contributed by atoms with Gasteiger partial charge in [0.05, 0.1) is 10.6 Å². The Hall–Kier alpha value is -1.34. The Kier molecular flexibility index (Phi) is 12.2. The summed E-state index contributed by atoms with van der Waals surface area (Å²) in [5, 5.41) is 0. The van der Waals surface area contributed by atoms with E-state index in [9.17, 15) is 12.8 Å². The summed E-state index contributed by atoms with van der Waals surface area (Å²) < 4.78 is 42.5. The number of rotatable bonds is 16. The first-order valence-corrected chi connectivity index (χ1v) is 16.4. The number of fused-ring (bicyclic) bond motifs is 1. The fourth-order valence-corrected chi connectivity index (χ4v) is 6.76. The average molecular weight is 586 g/mol. The van der Waals surface area contributed by atoms with Crippen LogP contribution >= 0.6 is 23.2 Å². The number of nitrogens with zero attached hydrogens (tertiary/aromatic N) is 1. The lowest BCUT2D eigenvalue weighted by Gasteiger charge is -2.33. The molecule has 38 heavy (non-hydrogen) atoms. The molecule has 2 aromatic carbocycles. The molecule has 0 saturated heterocycles. The number of benzene rings is 2. The van der Waals surface area contributed by atoms with Crippen LogP contribution < -0.4 is 4.72 Å². The normalized spacial score (nSPS) is 14.4. The Labute approximate surface area is 239 Å². The largest absolute Gasteiger partial charge is 0.296 e. The zero-order valence-electron chi connectivity index (χ0n) is 22.9. The molecule has 0 atom stereocenters. The smallest absolute Gasteiger partial charge is 0.261 e. The zero-order valence-corrected chi connectivity index (χ0v) is 25.2. The standard InChI is InChI=1S/C30H43Cl2FN2O2S/c1-3-5-7-9-10-12-24-13-16-29(28(33)20-24)34-38(36,37)27-15-14-26-22-35(19-17-25(26)21-27)23-30(31,32)18-11-8-6-4-2/h13-16,20-21,34H,3-12,17-19,22-23H2,1-2H3. The fourth-order valence-electron chi connectivity index (χ4n) is 5.04. The maximum absolute atomic E-state index is 14.7. The number of halogens is 3. The molecule has 1 N–H and O–H groups in total. The molecule has 0 saturated carbocycles. The number of unbranched alkanes of at least 4 members (excludes halogenated alkanes) is 7. The molecule has 2 aromatic rings. The molecule has 212 valence electrons. The summed E-state index contributed by atoms with van der Waals surface area (Å²) in [7, 11) is -3.91. The quantitative estimate of drug-likeness (QED) is 0.158. The van der Waals surface area contributed by atoms with E-state index in [2.05, 4.69) is 23.5 Å². The van der Waals surface area contributed by atoms with Crippen LogP contribution in [-0.2, 0) is 29.4 Å². The fraction of sp³-hybridized carbons (Fsp3) is 0.600. The first kappa shape index (κ1) is 31.2. The molecule has 0 fully saturated rings. The van der Waals surface area contributed by atoms with E-state index in [1.54, 1.807) is 18.2 Å². The highest BCUT2D eigenvalue weighted by atomic mass is 35.5. The minimum Gasteiger partial charge on any atom is -0.296 e. The third kappa shape index (κ3) is 9.69. The molecule has 4 nitrogen and oxygen atoms in total. The van der Waals surface area contributed by atoms with Gasteiger partial charge in [0.15, 0.2) is 0 Å². The van der Waals surface area contributed by atoms with Crippen LogP contribution in [0.25, 0.3) is 0 Å². The van der Waals surface area contributed by atoms with Crippen molar-refractivity contribution in [2.75, 3.05) is 17.8 Å². The topological polar surface area (TPSA) is 49.4 Å². The van der Waals surface area contributed by atoms with Gasteiger partial charge in [-0.15, -0.1) is 23.2 Å². The second-order valence-electron chi connectivity index (χ2n) is 10.6. The maximum atomic E-state index is 14.7. The molecule has 1 aliphatic heterocycles. The van der Waals surface area contributed by atoms with Crippen LogP contribution in [0.1, 0.15) is 94.7 Å². The van der Waals surface area contributed by atoms with Crippen molar-refractivity contribution >= 4 is 38.9 Å². The Morgan fingerprint density at radius 2 is 1.63 bits per heavy atom. The summed E-state index contributed by atoms with van der Waals surface area (Å²) in [4.78, 5) is 2.37. The van der Waals surface area contributed by atoms with Crippen molar-refractivity contribution in [1.29, 1.82) is 0 Å². The van der Waals surface area contributed by atoms with Crippen LogP contribution in [-0.4, -0.2) is 30.7 Å². The van der Waals surface area contributed by atoms with Crippen LogP contribution in [0.2, 0.25) is 0 Å². The third-order valence-electron chi connectivity index (χ3n) is 7.28. The first-order valence-electron chi connectivity index (χ1n) is 14.2. The molecular weight excluding hydrogens is 542 g/mol. The number of hydrogen-bond acceptors (Lipinski definition) is 3. The molecule has 0 bridgehead atoms. The maximum Gasteiger partial charge on any atom is 0.261 e. The summed E-state index contributed by atoms with van der Waals surface area (Å²) >= 11 is 13.2. The lowest BCUT2D eigenvalue weighted by Crippen LogP contribution is -2.39. The first-order chi connectivity index (χ1) is 18.1. The molecule has 1 heterocycles. The summed E-state index contributed by atoms with van der Waals surface area (Å²) in [6.45, 7) is 6.37. The number of aryl methyl sites for hydroxylation is 1. The molecular formula is C30H43Cl2FN2O2S. The van der Waals surface area contributed by atoms with Crippen LogP contribution in [0, 0.1) is 5.82 Å². The molecule has 1 aliphatic rings. The van der Waals surface area contributed by atoms with Crippen molar-refractivity contribution < 1.29 is 12.8 Å². The summed E-state index contributed by atoms with van der Waals surface area (Å²) in [6.07, 6.45) is 12.5. The SMILES string of the molecule is CCCCCCCc1ccc(NS(=O)(=O)c2ccc3c(c2)CCN(CC(Cl)(Cl)CCCCCC)C3)c(F)c1. The molecule has 0 spiro atoms. The molecule has 0 unspecified atom stereocenters. The van der Waals surface area contributed by atoms with Crippen molar-refractivity contribution in [2.24, 2.45) is 0 Å². The minimum absolute atomic E-state index is 0.0249. The van der Waals surface area contributed by atoms with E-state index < -0.39 is 20.2 Å². The average Bonchev–Trinajstić information content (AvgIpc) is 2.87. The number of anilines is 1. The minimum atomic E-state index is -3.91. The number of nitrogens with one attached hydrogen (secondary N) is 1. The van der Waals surface area contributed by atoms with Crippen LogP contribution in [0.15, 0.2) is 41.3 Å². The summed E-state index contributed by atoms with van der Waals surface area (Å²) in [6, 6.07) is 9.91. The molecule has 8 heteroatoms.